The number of para-hydroxylation sites is 1. The van der Waals surface area contributed by atoms with Gasteiger partial charge in [-0.2, -0.15) is 0 Å². The summed E-state index contributed by atoms with van der Waals surface area (Å²) in [5.41, 5.74) is 1.03. The number of nitrogens with zero attached hydrogens (tertiary/aromatic N) is 1. The summed E-state index contributed by atoms with van der Waals surface area (Å²) in [5.74, 6) is 1.59. The van der Waals surface area contributed by atoms with Crippen molar-refractivity contribution in [2.24, 2.45) is 0 Å². The molecule has 2 aliphatic rings. The van der Waals surface area contributed by atoms with Crippen molar-refractivity contribution < 1.29 is 14.6 Å². The van der Waals surface area contributed by atoms with Crippen molar-refractivity contribution in [1.82, 2.24) is 10.2 Å². The van der Waals surface area contributed by atoms with Gasteiger partial charge in [0.2, 0.25) is 0 Å². The summed E-state index contributed by atoms with van der Waals surface area (Å²) < 4.78 is 11.4. The van der Waals surface area contributed by atoms with E-state index in [0.29, 0.717) is 13.2 Å². The number of aliphatic hydroxyl groups excluding tert-OH is 1. The molecular formula is C14H20N2O3. The second-order valence-corrected chi connectivity index (χ2v) is 4.86. The molecule has 104 valence electrons. The number of aliphatic hydroxyl groups is 1. The zero-order valence-electron chi connectivity index (χ0n) is 11.0. The van der Waals surface area contributed by atoms with E-state index in [1.54, 1.807) is 0 Å². The molecule has 0 radical (unpaired) electrons. The van der Waals surface area contributed by atoms with Crippen molar-refractivity contribution >= 4 is 0 Å². The van der Waals surface area contributed by atoms with Gasteiger partial charge in [-0.15, -0.1) is 0 Å². The summed E-state index contributed by atoms with van der Waals surface area (Å²) in [5, 5.41) is 13.1. The third kappa shape index (κ3) is 2.54. The molecule has 1 aromatic carbocycles. The Hall–Kier alpha value is -1.30. The van der Waals surface area contributed by atoms with Crippen LogP contribution in [0.5, 0.6) is 11.5 Å². The van der Waals surface area contributed by atoms with E-state index in [9.17, 15) is 5.11 Å². The van der Waals surface area contributed by atoms with Crippen molar-refractivity contribution in [1.29, 1.82) is 0 Å². The van der Waals surface area contributed by atoms with Crippen LogP contribution < -0.4 is 14.8 Å². The smallest absolute Gasteiger partial charge is 0.166 e. The summed E-state index contributed by atoms with van der Waals surface area (Å²) in [4.78, 5) is 2.30. The number of hydrogen-bond acceptors (Lipinski definition) is 5. The molecule has 2 aliphatic heterocycles. The van der Waals surface area contributed by atoms with Gasteiger partial charge in [0.15, 0.2) is 11.5 Å². The molecule has 1 aromatic rings. The monoisotopic (exact) mass is 264 g/mol. The Balaban J connectivity index is 1.90. The van der Waals surface area contributed by atoms with Gasteiger partial charge in [-0.25, -0.2) is 0 Å². The standard InChI is InChI=1S/C14H20N2O3/c17-10-12(16-6-4-15-5-7-16)11-2-1-3-13-14(11)19-9-8-18-13/h1-3,12,15,17H,4-10H2/t12-/m0/s1. The molecule has 0 aromatic heterocycles. The van der Waals surface area contributed by atoms with Gasteiger partial charge in [-0.05, 0) is 6.07 Å². The molecule has 5 nitrogen and oxygen atoms in total. The van der Waals surface area contributed by atoms with Crippen LogP contribution in [0.3, 0.4) is 0 Å². The van der Waals surface area contributed by atoms with Crippen molar-refractivity contribution in [3.8, 4) is 11.5 Å². The van der Waals surface area contributed by atoms with Crippen LogP contribution in [0.4, 0.5) is 0 Å². The normalized spacial score (nSPS) is 21.1. The number of nitrogens with one attached hydrogen (secondary N) is 1. The van der Waals surface area contributed by atoms with E-state index >= 15 is 0 Å². The zero-order valence-corrected chi connectivity index (χ0v) is 11.0. The largest absolute Gasteiger partial charge is 0.486 e. The Kier molecular flexibility index (Phi) is 3.87. The molecular weight excluding hydrogens is 244 g/mol. The van der Waals surface area contributed by atoms with E-state index < -0.39 is 0 Å². The van der Waals surface area contributed by atoms with Crippen molar-refractivity contribution in [2.45, 2.75) is 6.04 Å². The SMILES string of the molecule is OC[C@@H](c1cccc2c1OCCO2)N1CCNCC1. The maximum absolute atomic E-state index is 9.77. The van der Waals surface area contributed by atoms with Crippen LogP contribution in [0.15, 0.2) is 18.2 Å². The summed E-state index contributed by atoms with van der Waals surface area (Å²) in [6.45, 7) is 5.06. The molecule has 1 fully saturated rings. The first-order valence-corrected chi connectivity index (χ1v) is 6.84. The lowest BCUT2D eigenvalue weighted by atomic mass is 10.0. The number of piperazine rings is 1. The van der Waals surface area contributed by atoms with E-state index in [4.69, 9.17) is 9.47 Å². The van der Waals surface area contributed by atoms with E-state index in [0.717, 1.165) is 43.2 Å². The Labute approximate surface area is 113 Å². The molecule has 2 N–H and O–H groups in total. The maximum atomic E-state index is 9.77. The van der Waals surface area contributed by atoms with Crippen LogP contribution in [0.1, 0.15) is 11.6 Å². The van der Waals surface area contributed by atoms with Crippen LogP contribution in [0, 0.1) is 0 Å². The van der Waals surface area contributed by atoms with Gasteiger partial charge in [-0.3, -0.25) is 4.90 Å². The van der Waals surface area contributed by atoms with Gasteiger partial charge in [0, 0.05) is 31.7 Å². The van der Waals surface area contributed by atoms with Crippen LogP contribution in [-0.4, -0.2) is 56.0 Å². The zero-order chi connectivity index (χ0) is 13.1. The van der Waals surface area contributed by atoms with Crippen molar-refractivity contribution in [2.75, 3.05) is 46.0 Å². The molecule has 0 aliphatic carbocycles. The topological polar surface area (TPSA) is 54.0 Å². The number of rotatable bonds is 3. The predicted molar refractivity (Wildman–Crippen MR) is 71.7 cm³/mol. The first-order chi connectivity index (χ1) is 9.40. The molecule has 1 atom stereocenters. The second kappa shape index (κ2) is 5.77. The first-order valence-electron chi connectivity index (χ1n) is 6.84. The molecule has 5 heteroatoms. The highest BCUT2D eigenvalue weighted by Gasteiger charge is 2.27. The van der Waals surface area contributed by atoms with E-state index in [-0.39, 0.29) is 12.6 Å². The van der Waals surface area contributed by atoms with E-state index in [1.165, 1.54) is 0 Å². The molecule has 0 unspecified atom stereocenters. The molecule has 2 heterocycles. The van der Waals surface area contributed by atoms with Gasteiger partial charge in [0.1, 0.15) is 13.2 Å². The number of hydrogen-bond donors (Lipinski definition) is 2. The van der Waals surface area contributed by atoms with Gasteiger partial charge in [-0.1, -0.05) is 12.1 Å². The number of ether oxygens (including phenoxy) is 2. The Morgan fingerprint density at radius 3 is 2.79 bits per heavy atom. The molecule has 0 bridgehead atoms. The van der Waals surface area contributed by atoms with E-state index in [1.807, 2.05) is 18.2 Å². The summed E-state index contributed by atoms with van der Waals surface area (Å²) in [6.07, 6.45) is 0. The fourth-order valence-corrected chi connectivity index (χ4v) is 2.76. The lowest BCUT2D eigenvalue weighted by molar-refractivity contribution is 0.103. The molecule has 3 rings (SSSR count). The molecule has 0 amide bonds. The predicted octanol–water partition coefficient (Wildman–Crippen LogP) is 0.396. The highest BCUT2D eigenvalue weighted by atomic mass is 16.6. The van der Waals surface area contributed by atoms with Crippen molar-refractivity contribution in [3.05, 3.63) is 23.8 Å². The second-order valence-electron chi connectivity index (χ2n) is 4.86. The fourth-order valence-electron chi connectivity index (χ4n) is 2.76. The van der Waals surface area contributed by atoms with Gasteiger partial charge in [0.05, 0.1) is 12.6 Å². The lowest BCUT2D eigenvalue weighted by Crippen LogP contribution is -2.46. The Morgan fingerprint density at radius 1 is 1.21 bits per heavy atom. The third-order valence-corrected chi connectivity index (χ3v) is 3.72. The lowest BCUT2D eigenvalue weighted by Gasteiger charge is -2.35. The van der Waals surface area contributed by atoms with E-state index in [2.05, 4.69) is 10.2 Å². The fraction of sp³-hybridized carbons (Fsp3) is 0.571. The molecule has 0 saturated carbocycles. The minimum Gasteiger partial charge on any atom is -0.486 e. The maximum Gasteiger partial charge on any atom is 0.166 e. The Morgan fingerprint density at radius 2 is 2.00 bits per heavy atom. The minimum absolute atomic E-state index is 0.0150. The quantitative estimate of drug-likeness (QED) is 0.827. The molecule has 1 saturated heterocycles. The highest BCUT2D eigenvalue weighted by molar-refractivity contribution is 5.49. The van der Waals surface area contributed by atoms with Crippen LogP contribution in [0.25, 0.3) is 0 Å². The van der Waals surface area contributed by atoms with Crippen LogP contribution in [0.2, 0.25) is 0 Å². The number of benzene rings is 1. The Bertz CT molecular complexity index is 433. The summed E-state index contributed by atoms with van der Waals surface area (Å²) in [7, 11) is 0. The third-order valence-electron chi connectivity index (χ3n) is 3.72. The minimum atomic E-state index is -0.0150. The van der Waals surface area contributed by atoms with Gasteiger partial charge >= 0.3 is 0 Å². The summed E-state index contributed by atoms with van der Waals surface area (Å²) in [6, 6.07) is 5.90. The average Bonchev–Trinajstić information content (AvgIpc) is 2.49. The molecule has 0 spiro atoms. The number of fused-ring (bicyclic) bond motifs is 1. The average molecular weight is 264 g/mol. The first kappa shape index (κ1) is 12.7. The summed E-state index contributed by atoms with van der Waals surface area (Å²) >= 11 is 0. The molecule has 19 heavy (non-hydrogen) atoms. The van der Waals surface area contributed by atoms with Gasteiger partial charge < -0.3 is 19.9 Å². The van der Waals surface area contributed by atoms with Crippen molar-refractivity contribution in [3.63, 3.8) is 0 Å². The van der Waals surface area contributed by atoms with Crippen LogP contribution in [-0.2, 0) is 0 Å². The highest BCUT2D eigenvalue weighted by Crippen LogP contribution is 2.38. The van der Waals surface area contributed by atoms with Crippen LogP contribution >= 0.6 is 0 Å². The van der Waals surface area contributed by atoms with Gasteiger partial charge in [0.25, 0.3) is 0 Å².